The average Bonchev–Trinajstić information content (AvgIpc) is 3.10. The third-order valence-electron chi connectivity index (χ3n) is 7.24. The number of unbranched alkanes of at least 4 members (excludes halogenated alkanes) is 2. The Morgan fingerprint density at radius 3 is 2.23 bits per heavy atom. The van der Waals surface area contributed by atoms with E-state index in [1.807, 2.05) is 0 Å². The van der Waals surface area contributed by atoms with Gasteiger partial charge in [-0.15, -0.1) is 0 Å². The summed E-state index contributed by atoms with van der Waals surface area (Å²) in [6.45, 7) is 2.35. The Morgan fingerprint density at radius 2 is 1.41 bits per heavy atom. The van der Waals surface area contributed by atoms with Crippen molar-refractivity contribution in [2.45, 2.75) is 110 Å². The van der Waals surface area contributed by atoms with Crippen LogP contribution < -0.4 is 0 Å². The zero-order valence-electron chi connectivity index (χ0n) is 15.1. The van der Waals surface area contributed by atoms with E-state index < -0.39 is 0 Å². The van der Waals surface area contributed by atoms with Gasteiger partial charge in [-0.25, -0.2) is 0 Å². The topological polar surface area (TPSA) is 0 Å². The van der Waals surface area contributed by atoms with Crippen LogP contribution in [0, 0.1) is 29.6 Å². The Morgan fingerprint density at radius 1 is 0.727 bits per heavy atom. The average molecular weight is 304 g/mol. The van der Waals surface area contributed by atoms with Crippen LogP contribution in [-0.4, -0.2) is 0 Å². The van der Waals surface area contributed by atoms with E-state index in [4.69, 9.17) is 0 Å². The molecule has 3 atom stereocenters. The van der Waals surface area contributed by atoms with E-state index in [0.29, 0.717) is 0 Å². The zero-order chi connectivity index (χ0) is 15.2. The van der Waals surface area contributed by atoms with E-state index in [1.54, 1.807) is 38.5 Å². The first-order valence-electron chi connectivity index (χ1n) is 10.8. The maximum absolute atomic E-state index is 2.35. The van der Waals surface area contributed by atoms with Crippen molar-refractivity contribution in [1.29, 1.82) is 0 Å². The van der Waals surface area contributed by atoms with Crippen LogP contribution in [0.4, 0.5) is 0 Å². The molecule has 0 saturated heterocycles. The second-order valence-corrected chi connectivity index (χ2v) is 8.62. The monoisotopic (exact) mass is 303 g/mol. The van der Waals surface area contributed by atoms with Crippen molar-refractivity contribution in [2.24, 2.45) is 23.7 Å². The summed E-state index contributed by atoms with van der Waals surface area (Å²) in [4.78, 5) is 0. The Balaban J connectivity index is 1.64. The number of hydrogen-bond donors (Lipinski definition) is 0. The fourth-order valence-corrected chi connectivity index (χ4v) is 6.12. The van der Waals surface area contributed by atoms with Crippen LogP contribution in [0.5, 0.6) is 0 Å². The van der Waals surface area contributed by atoms with E-state index in [0.717, 1.165) is 23.7 Å². The van der Waals surface area contributed by atoms with Gasteiger partial charge >= 0.3 is 0 Å². The lowest BCUT2D eigenvalue weighted by molar-refractivity contribution is 0.156. The van der Waals surface area contributed by atoms with Gasteiger partial charge in [-0.3, -0.25) is 0 Å². The van der Waals surface area contributed by atoms with Crippen molar-refractivity contribution in [1.82, 2.24) is 0 Å². The van der Waals surface area contributed by atoms with Gasteiger partial charge in [0.15, 0.2) is 0 Å². The van der Waals surface area contributed by atoms with E-state index in [9.17, 15) is 0 Å². The van der Waals surface area contributed by atoms with Crippen molar-refractivity contribution in [3.8, 4) is 0 Å². The minimum Gasteiger partial charge on any atom is -0.0654 e. The molecule has 3 rings (SSSR count). The van der Waals surface area contributed by atoms with Crippen LogP contribution in [0.2, 0.25) is 0 Å². The third-order valence-corrected chi connectivity index (χ3v) is 7.24. The summed E-state index contributed by atoms with van der Waals surface area (Å²) in [5, 5.41) is 0. The zero-order valence-corrected chi connectivity index (χ0v) is 15.1. The summed E-state index contributed by atoms with van der Waals surface area (Å²) in [7, 11) is 0. The van der Waals surface area contributed by atoms with Gasteiger partial charge in [0.25, 0.3) is 0 Å². The molecule has 3 aliphatic rings. The van der Waals surface area contributed by atoms with Gasteiger partial charge in [-0.2, -0.15) is 0 Å². The fourth-order valence-electron chi connectivity index (χ4n) is 6.12. The molecule has 3 saturated carbocycles. The molecule has 22 heavy (non-hydrogen) atoms. The largest absolute Gasteiger partial charge is 0.0654 e. The molecule has 0 aliphatic heterocycles. The Labute approximate surface area is 139 Å². The van der Waals surface area contributed by atoms with E-state index in [1.165, 1.54) is 64.2 Å². The lowest BCUT2D eigenvalue weighted by atomic mass is 9.60. The molecule has 0 nitrogen and oxygen atoms in total. The second-order valence-electron chi connectivity index (χ2n) is 8.62. The van der Waals surface area contributed by atoms with Gasteiger partial charge < -0.3 is 0 Å². The van der Waals surface area contributed by atoms with Crippen LogP contribution in [0.25, 0.3) is 0 Å². The van der Waals surface area contributed by atoms with Gasteiger partial charge in [0.1, 0.15) is 0 Å². The highest BCUT2D eigenvalue weighted by atomic mass is 14.5. The van der Waals surface area contributed by atoms with E-state index in [-0.39, 0.29) is 0 Å². The van der Waals surface area contributed by atoms with Crippen LogP contribution in [0.3, 0.4) is 0 Å². The molecule has 3 unspecified atom stereocenters. The lowest BCUT2D eigenvalue weighted by Gasteiger charge is -2.45. The van der Waals surface area contributed by atoms with Crippen LogP contribution in [0.15, 0.2) is 0 Å². The van der Waals surface area contributed by atoms with Gasteiger partial charge in [0.05, 0.1) is 0 Å². The summed E-state index contributed by atoms with van der Waals surface area (Å²) in [5.74, 6) is 6.34. The fraction of sp³-hybridized carbons (Fsp3) is 0.955. The van der Waals surface area contributed by atoms with Gasteiger partial charge in [0, 0.05) is 0 Å². The molecule has 3 aliphatic carbocycles. The molecular weight excluding hydrogens is 264 g/mol. The molecule has 0 aromatic rings. The van der Waals surface area contributed by atoms with Crippen molar-refractivity contribution in [3.05, 3.63) is 5.92 Å². The highest BCUT2D eigenvalue weighted by Gasteiger charge is 2.40. The Bertz CT molecular complexity index is 301. The van der Waals surface area contributed by atoms with Crippen LogP contribution >= 0.6 is 0 Å². The molecule has 0 aromatic heterocycles. The summed E-state index contributed by atoms with van der Waals surface area (Å²) in [6, 6.07) is 0. The SMILES string of the molecule is CCCCCC1CCCCC1[C]1CCCCC1C1CCCC1. The van der Waals surface area contributed by atoms with Crippen molar-refractivity contribution < 1.29 is 0 Å². The molecule has 127 valence electrons. The maximum Gasteiger partial charge on any atom is -0.0174 e. The van der Waals surface area contributed by atoms with E-state index in [2.05, 4.69) is 12.8 Å². The van der Waals surface area contributed by atoms with E-state index >= 15 is 0 Å². The van der Waals surface area contributed by atoms with Crippen molar-refractivity contribution in [3.63, 3.8) is 0 Å². The predicted octanol–water partition coefficient (Wildman–Crippen LogP) is 7.33. The summed E-state index contributed by atoms with van der Waals surface area (Å²) in [5.41, 5.74) is 0. The van der Waals surface area contributed by atoms with Gasteiger partial charge in [-0.1, -0.05) is 90.4 Å². The molecule has 0 spiro atoms. The number of rotatable bonds is 6. The van der Waals surface area contributed by atoms with Gasteiger partial charge in [-0.05, 0) is 48.9 Å². The lowest BCUT2D eigenvalue weighted by Crippen LogP contribution is -2.35. The first-order chi connectivity index (χ1) is 10.9. The quantitative estimate of drug-likeness (QED) is 0.451. The summed E-state index contributed by atoms with van der Waals surface area (Å²) >= 11 is 0. The molecule has 0 bridgehead atoms. The summed E-state index contributed by atoms with van der Waals surface area (Å²) in [6.07, 6.45) is 24.3. The molecule has 0 heterocycles. The van der Waals surface area contributed by atoms with Crippen molar-refractivity contribution >= 4 is 0 Å². The minimum absolute atomic E-state index is 1.04. The molecular formula is C22H39. The minimum atomic E-state index is 1.04. The van der Waals surface area contributed by atoms with Crippen LogP contribution in [0.1, 0.15) is 110 Å². The molecule has 0 amide bonds. The summed E-state index contributed by atoms with van der Waals surface area (Å²) < 4.78 is 0. The Kier molecular flexibility index (Phi) is 6.69. The first-order valence-corrected chi connectivity index (χ1v) is 10.8. The van der Waals surface area contributed by atoms with Gasteiger partial charge in [0.2, 0.25) is 0 Å². The molecule has 0 heteroatoms. The van der Waals surface area contributed by atoms with Crippen LogP contribution in [-0.2, 0) is 0 Å². The standard InChI is InChI=1S/C22H39/c1-2-3-4-11-18-14-7-8-15-20(18)22-17-10-9-16-21(22)19-12-5-6-13-19/h18-21H,2-17H2,1H3. The normalized spacial score (nSPS) is 35.0. The molecule has 1 radical (unpaired) electrons. The highest BCUT2D eigenvalue weighted by molar-refractivity contribution is 5.09. The molecule has 0 aromatic carbocycles. The molecule has 3 fully saturated rings. The number of hydrogen-bond acceptors (Lipinski definition) is 0. The highest BCUT2D eigenvalue weighted by Crippen LogP contribution is 2.51. The predicted molar refractivity (Wildman–Crippen MR) is 96.7 cm³/mol. The maximum atomic E-state index is 2.35. The third kappa shape index (κ3) is 4.09. The molecule has 0 N–H and O–H groups in total. The second kappa shape index (κ2) is 8.74. The van der Waals surface area contributed by atoms with Crippen molar-refractivity contribution in [2.75, 3.05) is 0 Å². The smallest absolute Gasteiger partial charge is 0.0174 e. The first kappa shape index (κ1) is 16.8. The Hall–Kier alpha value is 0.